The SMILES string of the molecule is CC1CCN(C(=O)c2cccc(NCC(=O)Nc3ccccc3OCCOc3ccccc3)c2)CC1. The molecule has 1 aliphatic rings. The fourth-order valence-electron chi connectivity index (χ4n) is 4.06. The lowest BCUT2D eigenvalue weighted by Gasteiger charge is -2.30. The van der Waals surface area contributed by atoms with E-state index >= 15 is 0 Å². The highest BCUT2D eigenvalue weighted by Crippen LogP contribution is 2.24. The van der Waals surface area contributed by atoms with Gasteiger partial charge in [-0.05, 0) is 61.2 Å². The highest BCUT2D eigenvalue weighted by molar-refractivity contribution is 5.96. The molecule has 1 aliphatic heterocycles. The van der Waals surface area contributed by atoms with Gasteiger partial charge >= 0.3 is 0 Å². The van der Waals surface area contributed by atoms with Crippen LogP contribution >= 0.6 is 0 Å². The Balaban J connectivity index is 1.26. The molecule has 1 heterocycles. The minimum absolute atomic E-state index is 0.0392. The molecule has 1 fully saturated rings. The van der Waals surface area contributed by atoms with Gasteiger partial charge in [0.15, 0.2) is 0 Å². The number of nitrogens with one attached hydrogen (secondary N) is 2. The number of likely N-dealkylation sites (tertiary alicyclic amines) is 1. The Hall–Kier alpha value is -4.00. The first kappa shape index (κ1) is 25.1. The molecule has 1 saturated heterocycles. The number of anilines is 2. The lowest BCUT2D eigenvalue weighted by molar-refractivity contribution is -0.114. The molecule has 0 unspecified atom stereocenters. The van der Waals surface area contributed by atoms with Gasteiger partial charge in [-0.25, -0.2) is 0 Å². The van der Waals surface area contributed by atoms with Crippen molar-refractivity contribution in [2.24, 2.45) is 5.92 Å². The molecule has 0 atom stereocenters. The van der Waals surface area contributed by atoms with E-state index < -0.39 is 0 Å². The Kier molecular flexibility index (Phi) is 8.81. The zero-order valence-corrected chi connectivity index (χ0v) is 20.6. The summed E-state index contributed by atoms with van der Waals surface area (Å²) in [6, 6.07) is 24.2. The molecule has 7 heteroatoms. The maximum Gasteiger partial charge on any atom is 0.253 e. The van der Waals surface area contributed by atoms with Gasteiger partial charge in [0.05, 0.1) is 12.2 Å². The smallest absolute Gasteiger partial charge is 0.253 e. The highest BCUT2D eigenvalue weighted by Gasteiger charge is 2.21. The van der Waals surface area contributed by atoms with E-state index in [4.69, 9.17) is 9.47 Å². The van der Waals surface area contributed by atoms with Crippen LogP contribution in [0.3, 0.4) is 0 Å². The van der Waals surface area contributed by atoms with Crippen LogP contribution in [0.2, 0.25) is 0 Å². The second-order valence-electron chi connectivity index (χ2n) is 8.96. The topological polar surface area (TPSA) is 79.9 Å². The van der Waals surface area contributed by atoms with Crippen molar-refractivity contribution >= 4 is 23.2 Å². The van der Waals surface area contributed by atoms with E-state index in [0.29, 0.717) is 36.1 Å². The quantitative estimate of drug-likeness (QED) is 0.391. The molecule has 0 aromatic heterocycles. The summed E-state index contributed by atoms with van der Waals surface area (Å²) in [4.78, 5) is 27.4. The maximum absolute atomic E-state index is 12.9. The Morgan fingerprint density at radius 3 is 2.42 bits per heavy atom. The summed E-state index contributed by atoms with van der Waals surface area (Å²) in [5, 5.41) is 6.01. The van der Waals surface area contributed by atoms with Gasteiger partial charge in [0, 0.05) is 24.3 Å². The van der Waals surface area contributed by atoms with Crippen LogP contribution in [0.25, 0.3) is 0 Å². The number of benzene rings is 3. The third-order valence-corrected chi connectivity index (χ3v) is 6.15. The van der Waals surface area contributed by atoms with Crippen molar-refractivity contribution in [3.63, 3.8) is 0 Å². The van der Waals surface area contributed by atoms with E-state index in [1.807, 2.05) is 71.6 Å². The molecule has 2 N–H and O–H groups in total. The van der Waals surface area contributed by atoms with E-state index in [2.05, 4.69) is 17.6 Å². The summed E-state index contributed by atoms with van der Waals surface area (Å²) in [5.74, 6) is 1.85. The first-order valence-electron chi connectivity index (χ1n) is 12.4. The van der Waals surface area contributed by atoms with Crippen molar-refractivity contribution in [2.75, 3.05) is 43.5 Å². The molecule has 0 bridgehead atoms. The first-order valence-corrected chi connectivity index (χ1v) is 12.4. The van der Waals surface area contributed by atoms with Gasteiger partial charge in [-0.2, -0.15) is 0 Å². The molecule has 0 saturated carbocycles. The Bertz CT molecular complexity index is 1140. The van der Waals surface area contributed by atoms with Crippen LogP contribution in [0.4, 0.5) is 11.4 Å². The van der Waals surface area contributed by atoms with E-state index in [1.165, 1.54) is 0 Å². The first-order chi connectivity index (χ1) is 17.6. The molecular weight excluding hydrogens is 454 g/mol. The van der Waals surface area contributed by atoms with E-state index in [-0.39, 0.29) is 18.4 Å². The minimum atomic E-state index is -0.215. The fraction of sp³-hybridized carbons (Fsp3) is 0.310. The number of ether oxygens (including phenoxy) is 2. The van der Waals surface area contributed by atoms with Gasteiger partial charge in [0.1, 0.15) is 24.7 Å². The summed E-state index contributed by atoms with van der Waals surface area (Å²) in [6.45, 7) is 4.60. The van der Waals surface area contributed by atoms with Gasteiger partial charge in [-0.1, -0.05) is 43.3 Å². The van der Waals surface area contributed by atoms with Gasteiger partial charge in [-0.15, -0.1) is 0 Å². The average Bonchev–Trinajstić information content (AvgIpc) is 2.91. The third kappa shape index (κ3) is 7.25. The van der Waals surface area contributed by atoms with Crippen LogP contribution in [-0.4, -0.2) is 49.6 Å². The monoisotopic (exact) mass is 487 g/mol. The summed E-state index contributed by atoms with van der Waals surface area (Å²) in [7, 11) is 0. The Morgan fingerprint density at radius 2 is 1.61 bits per heavy atom. The fourth-order valence-corrected chi connectivity index (χ4v) is 4.06. The third-order valence-electron chi connectivity index (χ3n) is 6.15. The van der Waals surface area contributed by atoms with Crippen LogP contribution in [-0.2, 0) is 4.79 Å². The molecule has 36 heavy (non-hydrogen) atoms. The minimum Gasteiger partial charge on any atom is -0.490 e. The second kappa shape index (κ2) is 12.6. The molecule has 4 rings (SSSR count). The number of hydrogen-bond acceptors (Lipinski definition) is 5. The summed E-state index contributed by atoms with van der Waals surface area (Å²) in [5.41, 5.74) is 1.95. The van der Waals surface area contributed by atoms with Crippen molar-refractivity contribution in [1.29, 1.82) is 0 Å². The zero-order chi connectivity index (χ0) is 25.2. The lowest BCUT2D eigenvalue weighted by Crippen LogP contribution is -2.37. The molecule has 2 amide bonds. The molecule has 0 spiro atoms. The summed E-state index contributed by atoms with van der Waals surface area (Å²) >= 11 is 0. The van der Waals surface area contributed by atoms with Crippen molar-refractivity contribution in [2.45, 2.75) is 19.8 Å². The predicted octanol–water partition coefficient (Wildman–Crippen LogP) is 5.07. The molecule has 0 radical (unpaired) electrons. The standard InChI is InChI=1S/C29H33N3O4/c1-22-14-16-32(17-15-22)29(34)23-8-7-9-24(20-23)30-21-28(33)31-26-12-5-6-13-27(26)36-19-18-35-25-10-3-2-4-11-25/h2-13,20,22,30H,14-19,21H2,1H3,(H,31,33). The van der Waals surface area contributed by atoms with Crippen LogP contribution in [0.1, 0.15) is 30.1 Å². The number of para-hydroxylation sites is 3. The second-order valence-corrected chi connectivity index (χ2v) is 8.96. The average molecular weight is 488 g/mol. The zero-order valence-electron chi connectivity index (χ0n) is 20.6. The predicted molar refractivity (Wildman–Crippen MR) is 142 cm³/mol. The molecule has 7 nitrogen and oxygen atoms in total. The number of hydrogen-bond donors (Lipinski definition) is 2. The lowest BCUT2D eigenvalue weighted by atomic mass is 9.98. The van der Waals surface area contributed by atoms with Gasteiger partial charge in [0.25, 0.3) is 5.91 Å². The molecule has 188 valence electrons. The highest BCUT2D eigenvalue weighted by atomic mass is 16.5. The van der Waals surface area contributed by atoms with E-state index in [1.54, 1.807) is 12.1 Å². The summed E-state index contributed by atoms with van der Waals surface area (Å²) in [6.07, 6.45) is 2.07. The number of amides is 2. The normalized spacial score (nSPS) is 13.6. The summed E-state index contributed by atoms with van der Waals surface area (Å²) < 4.78 is 11.5. The van der Waals surface area contributed by atoms with Crippen LogP contribution in [0.15, 0.2) is 78.9 Å². The number of nitrogens with zero attached hydrogens (tertiary/aromatic N) is 1. The van der Waals surface area contributed by atoms with Crippen LogP contribution < -0.4 is 20.1 Å². The van der Waals surface area contributed by atoms with Crippen molar-refractivity contribution in [1.82, 2.24) is 4.90 Å². The van der Waals surface area contributed by atoms with Crippen molar-refractivity contribution in [3.05, 3.63) is 84.4 Å². The molecule has 0 aliphatic carbocycles. The van der Waals surface area contributed by atoms with E-state index in [0.717, 1.165) is 37.4 Å². The Labute approximate surface area is 212 Å². The van der Waals surface area contributed by atoms with Crippen molar-refractivity contribution < 1.29 is 19.1 Å². The number of carbonyl (C=O) groups is 2. The van der Waals surface area contributed by atoms with Crippen LogP contribution in [0, 0.1) is 5.92 Å². The van der Waals surface area contributed by atoms with Gasteiger partial charge < -0.3 is 25.0 Å². The van der Waals surface area contributed by atoms with Gasteiger partial charge in [0.2, 0.25) is 5.91 Å². The molecule has 3 aromatic carbocycles. The number of carbonyl (C=O) groups excluding carboxylic acids is 2. The number of piperidine rings is 1. The largest absolute Gasteiger partial charge is 0.490 e. The molecule has 3 aromatic rings. The maximum atomic E-state index is 12.9. The van der Waals surface area contributed by atoms with Crippen LogP contribution in [0.5, 0.6) is 11.5 Å². The van der Waals surface area contributed by atoms with Crippen molar-refractivity contribution in [3.8, 4) is 11.5 Å². The van der Waals surface area contributed by atoms with E-state index in [9.17, 15) is 9.59 Å². The number of rotatable bonds is 10. The van der Waals surface area contributed by atoms with Gasteiger partial charge in [-0.3, -0.25) is 9.59 Å². The Morgan fingerprint density at radius 1 is 0.889 bits per heavy atom. The molecular formula is C29H33N3O4.